The molecule has 0 bridgehead atoms. The normalized spacial score (nSPS) is 19.4. The number of benzene rings is 1. The van der Waals surface area contributed by atoms with E-state index in [-0.39, 0.29) is 17.7 Å². The number of piperidine rings is 1. The number of para-hydroxylation sites is 1. The molecule has 2 rings (SSSR count). The summed E-state index contributed by atoms with van der Waals surface area (Å²) in [6, 6.07) is 7.50. The molecule has 6 heteroatoms. The third-order valence-corrected chi connectivity index (χ3v) is 3.84. The molecule has 114 valence electrons. The van der Waals surface area contributed by atoms with Crippen LogP contribution in [0.3, 0.4) is 0 Å². The van der Waals surface area contributed by atoms with Gasteiger partial charge < -0.3 is 20.6 Å². The molecule has 0 radical (unpaired) electrons. The number of likely N-dealkylation sites (tertiary alicyclic amines) is 1. The van der Waals surface area contributed by atoms with Crippen molar-refractivity contribution in [1.82, 2.24) is 4.90 Å². The lowest BCUT2D eigenvalue weighted by Crippen LogP contribution is -2.44. The van der Waals surface area contributed by atoms with Crippen molar-refractivity contribution in [3.8, 4) is 5.75 Å². The number of carbonyl (C=O) groups is 1. The molecule has 1 saturated heterocycles. The third kappa shape index (κ3) is 3.65. The van der Waals surface area contributed by atoms with Gasteiger partial charge in [-0.25, -0.2) is 0 Å². The number of methoxy groups -OCH3 is 1. The molecule has 0 aromatic heterocycles. The highest BCUT2D eigenvalue weighted by Gasteiger charge is 2.26. The number of hydrogen-bond donors (Lipinski definition) is 2. The van der Waals surface area contributed by atoms with E-state index in [0.29, 0.717) is 19.5 Å². The lowest BCUT2D eigenvalue weighted by Gasteiger charge is -2.32. The van der Waals surface area contributed by atoms with Crippen LogP contribution < -0.4 is 10.5 Å². The predicted octanol–water partition coefficient (Wildman–Crippen LogP) is 1.22. The number of amidine groups is 1. The lowest BCUT2D eigenvalue weighted by molar-refractivity contribution is -0.131. The monoisotopic (exact) mass is 291 g/mol. The number of amides is 1. The summed E-state index contributed by atoms with van der Waals surface area (Å²) in [6.07, 6.45) is 2.00. The minimum Gasteiger partial charge on any atom is -0.496 e. The minimum absolute atomic E-state index is 0.0370. The van der Waals surface area contributed by atoms with Gasteiger partial charge in [-0.3, -0.25) is 4.79 Å². The second-order valence-corrected chi connectivity index (χ2v) is 5.19. The Labute approximate surface area is 124 Å². The summed E-state index contributed by atoms with van der Waals surface area (Å²) in [5.41, 5.74) is 6.52. The Kier molecular flexibility index (Phi) is 5.03. The number of hydrogen-bond acceptors (Lipinski definition) is 4. The van der Waals surface area contributed by atoms with E-state index in [9.17, 15) is 4.79 Å². The molecule has 1 aromatic rings. The number of nitrogens with two attached hydrogens (primary N) is 1. The molecular weight excluding hydrogens is 270 g/mol. The van der Waals surface area contributed by atoms with E-state index >= 15 is 0 Å². The van der Waals surface area contributed by atoms with E-state index in [4.69, 9.17) is 15.7 Å². The number of nitrogens with zero attached hydrogens (tertiary/aromatic N) is 2. The van der Waals surface area contributed by atoms with Gasteiger partial charge in [0.15, 0.2) is 0 Å². The van der Waals surface area contributed by atoms with Gasteiger partial charge in [0.1, 0.15) is 11.6 Å². The van der Waals surface area contributed by atoms with Crippen LogP contribution in [0.5, 0.6) is 5.75 Å². The molecule has 1 aliphatic rings. The van der Waals surface area contributed by atoms with Crippen LogP contribution in [0.1, 0.15) is 18.4 Å². The Balaban J connectivity index is 2.03. The van der Waals surface area contributed by atoms with Gasteiger partial charge in [-0.05, 0) is 18.9 Å². The highest BCUT2D eigenvalue weighted by molar-refractivity contribution is 5.84. The standard InChI is InChI=1S/C15H21N3O3/c1-21-13-7-3-2-5-11(13)9-14(19)18-8-4-6-12(10-18)15(16)17-20/h2-3,5,7,12,20H,4,6,8-10H2,1H3,(H2,16,17). The minimum atomic E-state index is -0.0645. The molecule has 6 nitrogen and oxygen atoms in total. The zero-order valence-electron chi connectivity index (χ0n) is 12.2. The van der Waals surface area contributed by atoms with Gasteiger partial charge in [0.05, 0.1) is 13.5 Å². The molecule has 1 fully saturated rings. The van der Waals surface area contributed by atoms with E-state index < -0.39 is 0 Å². The van der Waals surface area contributed by atoms with Gasteiger partial charge >= 0.3 is 0 Å². The van der Waals surface area contributed by atoms with E-state index in [1.165, 1.54) is 0 Å². The molecule has 1 atom stereocenters. The van der Waals surface area contributed by atoms with Crippen LogP contribution in [0.4, 0.5) is 0 Å². The van der Waals surface area contributed by atoms with Crippen molar-refractivity contribution in [3.63, 3.8) is 0 Å². The highest BCUT2D eigenvalue weighted by Crippen LogP contribution is 2.21. The van der Waals surface area contributed by atoms with Crippen LogP contribution >= 0.6 is 0 Å². The summed E-state index contributed by atoms with van der Waals surface area (Å²) in [7, 11) is 1.60. The van der Waals surface area contributed by atoms with Gasteiger partial charge in [0.25, 0.3) is 0 Å². The first-order chi connectivity index (χ1) is 10.2. The fourth-order valence-corrected chi connectivity index (χ4v) is 2.65. The second kappa shape index (κ2) is 6.97. The van der Waals surface area contributed by atoms with Gasteiger partial charge in [-0.2, -0.15) is 0 Å². The van der Waals surface area contributed by atoms with Gasteiger partial charge in [-0.15, -0.1) is 0 Å². The molecule has 1 heterocycles. The molecule has 21 heavy (non-hydrogen) atoms. The topological polar surface area (TPSA) is 88.2 Å². The largest absolute Gasteiger partial charge is 0.496 e. The second-order valence-electron chi connectivity index (χ2n) is 5.19. The SMILES string of the molecule is COc1ccccc1CC(=O)N1CCCC(C(N)=NO)C1. The number of ether oxygens (including phenoxy) is 1. The molecule has 1 unspecified atom stereocenters. The highest BCUT2D eigenvalue weighted by atomic mass is 16.5. The summed E-state index contributed by atoms with van der Waals surface area (Å²) < 4.78 is 5.27. The quantitative estimate of drug-likeness (QED) is 0.378. The molecule has 3 N–H and O–H groups in total. The molecule has 0 spiro atoms. The maximum absolute atomic E-state index is 12.4. The van der Waals surface area contributed by atoms with Crippen molar-refractivity contribution in [1.29, 1.82) is 0 Å². The van der Waals surface area contributed by atoms with Crippen molar-refractivity contribution in [2.24, 2.45) is 16.8 Å². The molecule has 1 amide bonds. The van der Waals surface area contributed by atoms with Crippen molar-refractivity contribution in [2.45, 2.75) is 19.3 Å². The van der Waals surface area contributed by atoms with E-state index in [1.807, 2.05) is 24.3 Å². The van der Waals surface area contributed by atoms with Crippen molar-refractivity contribution in [3.05, 3.63) is 29.8 Å². The smallest absolute Gasteiger partial charge is 0.227 e. The van der Waals surface area contributed by atoms with Crippen LogP contribution in [0.25, 0.3) is 0 Å². The third-order valence-electron chi connectivity index (χ3n) is 3.84. The average Bonchev–Trinajstić information content (AvgIpc) is 2.54. The Hall–Kier alpha value is -2.24. The summed E-state index contributed by atoms with van der Waals surface area (Å²) in [5.74, 6) is 0.890. The molecule has 0 aliphatic carbocycles. The fourth-order valence-electron chi connectivity index (χ4n) is 2.65. The molecule has 0 saturated carbocycles. The Morgan fingerprint density at radius 2 is 2.29 bits per heavy atom. The van der Waals surface area contributed by atoms with Crippen molar-refractivity contribution in [2.75, 3.05) is 20.2 Å². The van der Waals surface area contributed by atoms with Crippen LogP contribution in [-0.4, -0.2) is 42.0 Å². The zero-order valence-corrected chi connectivity index (χ0v) is 12.2. The molecule has 1 aliphatic heterocycles. The zero-order chi connectivity index (χ0) is 15.2. The number of oxime groups is 1. The first kappa shape index (κ1) is 15.2. The van der Waals surface area contributed by atoms with Crippen molar-refractivity contribution < 1.29 is 14.7 Å². The molecular formula is C15H21N3O3. The average molecular weight is 291 g/mol. The number of carbonyl (C=O) groups excluding carboxylic acids is 1. The first-order valence-corrected chi connectivity index (χ1v) is 7.02. The van der Waals surface area contributed by atoms with Gasteiger partial charge in [0, 0.05) is 24.6 Å². The first-order valence-electron chi connectivity index (χ1n) is 7.02. The van der Waals surface area contributed by atoms with E-state index in [2.05, 4.69) is 5.16 Å². The Morgan fingerprint density at radius 1 is 1.52 bits per heavy atom. The van der Waals surface area contributed by atoms with E-state index in [1.54, 1.807) is 12.0 Å². The predicted molar refractivity (Wildman–Crippen MR) is 79.4 cm³/mol. The Bertz CT molecular complexity index is 531. The van der Waals surface area contributed by atoms with Gasteiger partial charge in [-0.1, -0.05) is 23.4 Å². The van der Waals surface area contributed by atoms with Crippen LogP contribution in [-0.2, 0) is 11.2 Å². The summed E-state index contributed by atoms with van der Waals surface area (Å²) in [5, 5.41) is 11.8. The van der Waals surface area contributed by atoms with Crippen LogP contribution in [0, 0.1) is 5.92 Å². The Morgan fingerprint density at radius 3 is 3.00 bits per heavy atom. The molecule has 1 aromatic carbocycles. The maximum Gasteiger partial charge on any atom is 0.227 e. The summed E-state index contributed by atoms with van der Waals surface area (Å²) >= 11 is 0. The van der Waals surface area contributed by atoms with Crippen LogP contribution in [0.15, 0.2) is 29.4 Å². The fraction of sp³-hybridized carbons (Fsp3) is 0.467. The van der Waals surface area contributed by atoms with E-state index in [0.717, 1.165) is 24.2 Å². The summed E-state index contributed by atoms with van der Waals surface area (Å²) in [4.78, 5) is 14.2. The van der Waals surface area contributed by atoms with Crippen LogP contribution in [0.2, 0.25) is 0 Å². The lowest BCUT2D eigenvalue weighted by atomic mass is 9.96. The van der Waals surface area contributed by atoms with Gasteiger partial charge in [0.2, 0.25) is 5.91 Å². The number of rotatable bonds is 4. The van der Waals surface area contributed by atoms with Crippen molar-refractivity contribution >= 4 is 11.7 Å². The maximum atomic E-state index is 12.4. The summed E-state index contributed by atoms with van der Waals surface area (Å²) in [6.45, 7) is 1.22.